The van der Waals surface area contributed by atoms with E-state index in [1.807, 2.05) is 26.8 Å². The molecule has 2 aliphatic heterocycles. The molecule has 1 aromatic rings. The minimum atomic E-state index is -1.23. The van der Waals surface area contributed by atoms with Gasteiger partial charge in [0.1, 0.15) is 11.9 Å². The van der Waals surface area contributed by atoms with Crippen LogP contribution in [0.3, 0.4) is 0 Å². The van der Waals surface area contributed by atoms with E-state index < -0.39 is 35.6 Å². The van der Waals surface area contributed by atoms with Crippen LogP contribution < -0.4 is 0 Å². The summed E-state index contributed by atoms with van der Waals surface area (Å²) in [6.45, 7) is 12.9. The van der Waals surface area contributed by atoms with Gasteiger partial charge in [-0.05, 0) is 51.2 Å². The van der Waals surface area contributed by atoms with Crippen LogP contribution in [-0.4, -0.2) is 57.0 Å². The number of nitrogens with zero attached hydrogens (tertiary/aromatic N) is 1. The van der Waals surface area contributed by atoms with E-state index in [0.717, 1.165) is 34.7 Å². The number of aliphatic hydroxyl groups excluding tert-OH is 2. The van der Waals surface area contributed by atoms with Gasteiger partial charge in [-0.1, -0.05) is 34.1 Å². The average Bonchev–Trinajstić information content (AvgIpc) is 3.22. The summed E-state index contributed by atoms with van der Waals surface area (Å²) in [4.78, 5) is 31.4. The number of aromatic nitrogens is 1. The van der Waals surface area contributed by atoms with Crippen LogP contribution in [0.25, 0.3) is 6.08 Å². The van der Waals surface area contributed by atoms with E-state index in [9.17, 15) is 19.8 Å². The first-order valence-electron chi connectivity index (χ1n) is 12.6. The Balaban J connectivity index is 1.85. The third kappa shape index (κ3) is 6.59. The molecule has 7 nitrogen and oxygen atoms in total. The highest BCUT2D eigenvalue weighted by Gasteiger charge is 2.53. The Morgan fingerprint density at radius 3 is 2.54 bits per heavy atom. The van der Waals surface area contributed by atoms with Crippen LogP contribution in [-0.2, 0) is 19.1 Å². The molecule has 8 heteroatoms. The van der Waals surface area contributed by atoms with E-state index in [1.54, 1.807) is 38.3 Å². The largest absolute Gasteiger partial charge is 0.458 e. The third-order valence-electron chi connectivity index (χ3n) is 7.92. The standard InChI is InChI=1S/C27H41NO6S/c1-15-9-8-10-27(7)22(34-27)12-20(16(2)11-19-14-28-18(4)35-19)33-23(30)13-21(29)26(5,6)25(32)17(3)24(15)31/h11,14-15,17,20-22,24,29,31H,8-10,12-13H2,1-7H3/b16-11+/t15-,17+,20-,21-,22?,24?,27+/m0/s1. The second-order valence-electron chi connectivity index (χ2n) is 11.3. The predicted molar refractivity (Wildman–Crippen MR) is 136 cm³/mol. The average molecular weight is 508 g/mol. The molecule has 2 fully saturated rings. The van der Waals surface area contributed by atoms with Gasteiger partial charge in [0.2, 0.25) is 0 Å². The van der Waals surface area contributed by atoms with Crippen molar-refractivity contribution in [2.75, 3.05) is 0 Å². The molecule has 2 saturated heterocycles. The maximum absolute atomic E-state index is 13.2. The molecule has 0 spiro atoms. The Kier molecular flexibility index (Phi) is 8.62. The number of hydrogen-bond donors (Lipinski definition) is 2. The van der Waals surface area contributed by atoms with E-state index in [0.29, 0.717) is 6.42 Å². The van der Waals surface area contributed by atoms with Gasteiger partial charge in [-0.3, -0.25) is 9.59 Å². The number of carbonyl (C=O) groups is 2. The maximum atomic E-state index is 13.2. The smallest absolute Gasteiger partial charge is 0.309 e. The van der Waals surface area contributed by atoms with E-state index >= 15 is 0 Å². The first-order chi connectivity index (χ1) is 16.2. The van der Waals surface area contributed by atoms with E-state index in [-0.39, 0.29) is 29.8 Å². The van der Waals surface area contributed by atoms with Crippen molar-refractivity contribution in [3.8, 4) is 0 Å². The van der Waals surface area contributed by atoms with Crippen LogP contribution in [0.15, 0.2) is 11.8 Å². The van der Waals surface area contributed by atoms with Gasteiger partial charge in [-0.25, -0.2) is 4.98 Å². The summed E-state index contributed by atoms with van der Waals surface area (Å²) < 4.78 is 11.9. The number of aryl methyl sites for hydroxylation is 1. The van der Waals surface area contributed by atoms with Gasteiger partial charge in [0.15, 0.2) is 0 Å². The number of ketones is 1. The highest BCUT2D eigenvalue weighted by molar-refractivity contribution is 7.12. The minimum Gasteiger partial charge on any atom is -0.458 e. The molecule has 196 valence electrons. The van der Waals surface area contributed by atoms with Crippen molar-refractivity contribution >= 4 is 29.2 Å². The van der Waals surface area contributed by atoms with Gasteiger partial charge in [0.25, 0.3) is 0 Å². The van der Waals surface area contributed by atoms with Crippen LogP contribution in [0.2, 0.25) is 0 Å². The number of fused-ring (bicyclic) bond motifs is 1. The Labute approximate surface area is 212 Å². The topological polar surface area (TPSA) is 109 Å². The zero-order chi connectivity index (χ0) is 26.1. The number of epoxide rings is 1. The van der Waals surface area contributed by atoms with E-state index in [1.165, 1.54) is 0 Å². The third-order valence-corrected chi connectivity index (χ3v) is 8.78. The lowest BCUT2D eigenvalue weighted by Crippen LogP contribution is -2.45. The lowest BCUT2D eigenvalue weighted by atomic mass is 9.73. The molecular weight excluding hydrogens is 466 g/mol. The van der Waals surface area contributed by atoms with Crippen molar-refractivity contribution in [1.29, 1.82) is 0 Å². The summed E-state index contributed by atoms with van der Waals surface area (Å²) in [7, 11) is 0. The number of carbonyl (C=O) groups excluding carboxylic acids is 2. The van der Waals surface area contributed by atoms with Crippen molar-refractivity contribution in [2.24, 2.45) is 17.3 Å². The Morgan fingerprint density at radius 1 is 1.23 bits per heavy atom. The van der Waals surface area contributed by atoms with E-state index in [2.05, 4.69) is 11.9 Å². The zero-order valence-corrected chi connectivity index (χ0v) is 22.9. The molecule has 2 unspecified atom stereocenters. The summed E-state index contributed by atoms with van der Waals surface area (Å²) in [5, 5.41) is 22.7. The van der Waals surface area contributed by atoms with Gasteiger partial charge in [-0.15, -0.1) is 11.3 Å². The highest BCUT2D eigenvalue weighted by atomic mass is 32.1. The molecule has 0 saturated carbocycles. The van der Waals surface area contributed by atoms with Crippen molar-refractivity contribution in [2.45, 2.75) is 111 Å². The summed E-state index contributed by atoms with van der Waals surface area (Å²) >= 11 is 1.57. The van der Waals surface area contributed by atoms with Gasteiger partial charge in [0, 0.05) is 23.4 Å². The molecular formula is C27H41NO6S. The number of hydrogen-bond acceptors (Lipinski definition) is 8. The lowest BCUT2D eigenvalue weighted by molar-refractivity contribution is -0.154. The Morgan fingerprint density at radius 2 is 1.91 bits per heavy atom. The van der Waals surface area contributed by atoms with Crippen molar-refractivity contribution < 1.29 is 29.3 Å². The molecule has 3 heterocycles. The fourth-order valence-corrected chi connectivity index (χ4v) is 5.85. The number of thiazole rings is 1. The molecule has 0 bridgehead atoms. The Bertz CT molecular complexity index is 955. The molecule has 0 radical (unpaired) electrons. The lowest BCUT2D eigenvalue weighted by Gasteiger charge is -2.34. The van der Waals surface area contributed by atoms with Crippen LogP contribution >= 0.6 is 11.3 Å². The fraction of sp³-hybridized carbons (Fsp3) is 0.741. The summed E-state index contributed by atoms with van der Waals surface area (Å²) in [5.41, 5.74) is -0.609. The number of esters is 1. The minimum absolute atomic E-state index is 0.0400. The zero-order valence-electron chi connectivity index (χ0n) is 22.0. The SMILES string of the molecule is C/C(=C\c1cnc(C)s1)[C@@H]1CC2O[C@]2(C)CCC[C@H](C)C(O)[C@@H](C)C(=O)C(C)(C)[C@@H](O)CC(=O)O1. The molecule has 0 amide bonds. The monoisotopic (exact) mass is 507 g/mol. The van der Waals surface area contributed by atoms with Gasteiger partial charge in [0.05, 0.1) is 40.8 Å². The number of rotatable bonds is 2. The Hall–Kier alpha value is -1.61. The second kappa shape index (κ2) is 10.8. The quantitative estimate of drug-likeness (QED) is 0.449. The second-order valence-corrected chi connectivity index (χ2v) is 12.5. The molecule has 7 atom stereocenters. The number of Topliss-reactive ketones (excluding diaryl/α,β-unsaturated/α-hetero) is 1. The van der Waals surface area contributed by atoms with Crippen LogP contribution in [0.1, 0.15) is 83.5 Å². The number of ether oxygens (including phenoxy) is 2. The molecule has 2 aliphatic rings. The number of cyclic esters (lactones) is 1. The molecule has 35 heavy (non-hydrogen) atoms. The summed E-state index contributed by atoms with van der Waals surface area (Å²) in [5.74, 6) is -1.54. The van der Waals surface area contributed by atoms with Gasteiger partial charge in [-0.2, -0.15) is 0 Å². The predicted octanol–water partition coefficient (Wildman–Crippen LogP) is 4.48. The summed E-state index contributed by atoms with van der Waals surface area (Å²) in [6, 6.07) is 0. The molecule has 2 N–H and O–H groups in total. The van der Waals surface area contributed by atoms with Crippen LogP contribution in [0.5, 0.6) is 0 Å². The van der Waals surface area contributed by atoms with Crippen LogP contribution in [0.4, 0.5) is 0 Å². The van der Waals surface area contributed by atoms with Crippen molar-refractivity contribution in [1.82, 2.24) is 4.98 Å². The first kappa shape index (κ1) is 28.0. The molecule has 0 aromatic carbocycles. The fourth-order valence-electron chi connectivity index (χ4n) is 5.06. The van der Waals surface area contributed by atoms with Crippen LogP contribution in [0, 0.1) is 24.2 Å². The van der Waals surface area contributed by atoms with E-state index in [4.69, 9.17) is 9.47 Å². The highest BCUT2D eigenvalue weighted by Crippen LogP contribution is 2.45. The molecule has 3 rings (SSSR count). The number of aliphatic hydroxyl groups is 2. The molecule has 1 aromatic heterocycles. The summed E-state index contributed by atoms with van der Waals surface area (Å²) in [6.07, 6.45) is 3.88. The van der Waals surface area contributed by atoms with Crippen molar-refractivity contribution in [3.63, 3.8) is 0 Å². The van der Waals surface area contributed by atoms with Gasteiger partial charge >= 0.3 is 5.97 Å². The van der Waals surface area contributed by atoms with Crippen molar-refractivity contribution in [3.05, 3.63) is 21.7 Å². The molecule has 0 aliphatic carbocycles. The normalized spacial score (nSPS) is 37.5. The maximum Gasteiger partial charge on any atom is 0.309 e. The first-order valence-corrected chi connectivity index (χ1v) is 13.4. The van der Waals surface area contributed by atoms with Gasteiger partial charge < -0.3 is 19.7 Å².